The molecule has 2 aromatic carbocycles. The SMILES string of the molecule is NCC(c1ccccc1)c1ncc(-c2ccccc2Br)[nH]1. The average molecular weight is 342 g/mol. The number of hydrogen-bond donors (Lipinski definition) is 2. The standard InChI is InChI=1S/C17H16BrN3/c18-15-9-5-4-8-13(15)16-11-20-17(21-16)14(10-19)12-6-2-1-3-7-12/h1-9,11,14H,10,19H2,(H,20,21). The molecule has 0 aliphatic carbocycles. The summed E-state index contributed by atoms with van der Waals surface area (Å²) < 4.78 is 1.05. The Bertz CT molecular complexity index is 722. The van der Waals surface area contributed by atoms with Crippen LogP contribution in [0, 0.1) is 0 Å². The van der Waals surface area contributed by atoms with E-state index in [0.29, 0.717) is 6.54 Å². The number of aromatic nitrogens is 2. The molecule has 3 N–H and O–H groups in total. The predicted octanol–water partition coefficient (Wildman–Crippen LogP) is 3.93. The molecule has 1 unspecified atom stereocenters. The van der Waals surface area contributed by atoms with Crippen LogP contribution in [-0.4, -0.2) is 16.5 Å². The Morgan fingerprint density at radius 1 is 1.05 bits per heavy atom. The van der Waals surface area contributed by atoms with Crippen molar-refractivity contribution in [1.29, 1.82) is 0 Å². The molecule has 4 heteroatoms. The minimum absolute atomic E-state index is 0.0856. The van der Waals surface area contributed by atoms with Crippen molar-refractivity contribution < 1.29 is 0 Å². The third kappa shape index (κ3) is 2.91. The minimum Gasteiger partial charge on any atom is -0.341 e. The summed E-state index contributed by atoms with van der Waals surface area (Å²) in [4.78, 5) is 7.92. The van der Waals surface area contributed by atoms with Crippen molar-refractivity contribution in [3.63, 3.8) is 0 Å². The van der Waals surface area contributed by atoms with Crippen LogP contribution in [0.3, 0.4) is 0 Å². The van der Waals surface area contributed by atoms with E-state index in [1.807, 2.05) is 42.6 Å². The summed E-state index contributed by atoms with van der Waals surface area (Å²) in [5.74, 6) is 0.983. The number of nitrogens with zero attached hydrogens (tertiary/aromatic N) is 1. The molecule has 0 fully saturated rings. The van der Waals surface area contributed by atoms with Gasteiger partial charge in [-0.15, -0.1) is 0 Å². The first kappa shape index (κ1) is 14.0. The van der Waals surface area contributed by atoms with E-state index in [4.69, 9.17) is 5.73 Å². The highest BCUT2D eigenvalue weighted by molar-refractivity contribution is 9.10. The molecule has 3 nitrogen and oxygen atoms in total. The van der Waals surface area contributed by atoms with Gasteiger partial charge in [0.25, 0.3) is 0 Å². The maximum atomic E-state index is 5.95. The normalized spacial score (nSPS) is 12.3. The van der Waals surface area contributed by atoms with E-state index in [1.54, 1.807) is 0 Å². The lowest BCUT2D eigenvalue weighted by Gasteiger charge is -2.12. The highest BCUT2D eigenvalue weighted by Gasteiger charge is 2.16. The van der Waals surface area contributed by atoms with Gasteiger partial charge in [0.15, 0.2) is 0 Å². The lowest BCUT2D eigenvalue weighted by molar-refractivity contribution is 0.765. The first-order chi connectivity index (χ1) is 10.3. The minimum atomic E-state index is 0.0856. The fraction of sp³-hybridized carbons (Fsp3) is 0.118. The summed E-state index contributed by atoms with van der Waals surface area (Å²) in [5.41, 5.74) is 9.21. The molecule has 3 rings (SSSR count). The first-order valence-corrected chi connectivity index (χ1v) is 7.63. The van der Waals surface area contributed by atoms with Gasteiger partial charge in [-0.05, 0) is 11.6 Å². The largest absolute Gasteiger partial charge is 0.341 e. The zero-order chi connectivity index (χ0) is 14.7. The quantitative estimate of drug-likeness (QED) is 0.755. The maximum absolute atomic E-state index is 5.95. The highest BCUT2D eigenvalue weighted by atomic mass is 79.9. The fourth-order valence-corrected chi connectivity index (χ4v) is 2.92. The molecule has 106 valence electrons. The van der Waals surface area contributed by atoms with Crippen LogP contribution in [0.5, 0.6) is 0 Å². The number of hydrogen-bond acceptors (Lipinski definition) is 2. The first-order valence-electron chi connectivity index (χ1n) is 6.84. The molecule has 0 spiro atoms. The van der Waals surface area contributed by atoms with Crippen molar-refractivity contribution >= 4 is 15.9 Å². The zero-order valence-electron chi connectivity index (χ0n) is 11.5. The van der Waals surface area contributed by atoms with Crippen molar-refractivity contribution in [2.75, 3.05) is 6.54 Å². The number of imidazole rings is 1. The molecule has 0 aliphatic rings. The van der Waals surface area contributed by atoms with E-state index in [-0.39, 0.29) is 5.92 Å². The van der Waals surface area contributed by atoms with Crippen LogP contribution in [0.4, 0.5) is 0 Å². The second kappa shape index (κ2) is 6.24. The predicted molar refractivity (Wildman–Crippen MR) is 89.1 cm³/mol. The molecule has 21 heavy (non-hydrogen) atoms. The Labute approximate surface area is 132 Å². The number of halogens is 1. The van der Waals surface area contributed by atoms with E-state index < -0.39 is 0 Å². The van der Waals surface area contributed by atoms with E-state index in [9.17, 15) is 0 Å². The van der Waals surface area contributed by atoms with Crippen molar-refractivity contribution in [1.82, 2.24) is 9.97 Å². The van der Waals surface area contributed by atoms with Crippen LogP contribution in [0.2, 0.25) is 0 Å². The van der Waals surface area contributed by atoms with E-state index in [1.165, 1.54) is 5.56 Å². The van der Waals surface area contributed by atoms with E-state index in [2.05, 4.69) is 44.1 Å². The van der Waals surface area contributed by atoms with E-state index >= 15 is 0 Å². The van der Waals surface area contributed by atoms with E-state index in [0.717, 1.165) is 21.6 Å². The molecule has 0 radical (unpaired) electrons. The molecule has 0 bridgehead atoms. The second-order valence-corrected chi connectivity index (χ2v) is 5.72. The topological polar surface area (TPSA) is 54.7 Å². The Hall–Kier alpha value is -1.91. The lowest BCUT2D eigenvalue weighted by atomic mass is 9.99. The average Bonchev–Trinajstić information content (AvgIpc) is 2.99. The second-order valence-electron chi connectivity index (χ2n) is 4.86. The third-order valence-electron chi connectivity index (χ3n) is 3.53. The van der Waals surface area contributed by atoms with Crippen LogP contribution >= 0.6 is 15.9 Å². The molecule has 1 heterocycles. The maximum Gasteiger partial charge on any atom is 0.115 e. The van der Waals surface area contributed by atoms with Gasteiger partial charge in [-0.3, -0.25) is 0 Å². The van der Waals surface area contributed by atoms with Gasteiger partial charge in [0.05, 0.1) is 17.8 Å². The van der Waals surface area contributed by atoms with Crippen molar-refractivity contribution in [3.8, 4) is 11.3 Å². The molecule has 1 atom stereocenters. The number of H-pyrrole nitrogens is 1. The summed E-state index contributed by atoms with van der Waals surface area (Å²) in [6.45, 7) is 0.521. The Balaban J connectivity index is 1.96. The van der Waals surface area contributed by atoms with Crippen LogP contribution < -0.4 is 5.73 Å². The number of rotatable bonds is 4. The van der Waals surface area contributed by atoms with Crippen LogP contribution in [0.25, 0.3) is 11.3 Å². The van der Waals surface area contributed by atoms with Gasteiger partial charge >= 0.3 is 0 Å². The third-order valence-corrected chi connectivity index (χ3v) is 4.22. The van der Waals surface area contributed by atoms with Gasteiger partial charge in [0.2, 0.25) is 0 Å². The monoisotopic (exact) mass is 341 g/mol. The zero-order valence-corrected chi connectivity index (χ0v) is 13.0. The summed E-state index contributed by atoms with van der Waals surface area (Å²) >= 11 is 3.57. The van der Waals surface area contributed by atoms with Crippen molar-refractivity contribution in [2.24, 2.45) is 5.73 Å². The molecular formula is C17H16BrN3. The van der Waals surface area contributed by atoms with Crippen molar-refractivity contribution in [2.45, 2.75) is 5.92 Å². The van der Waals surface area contributed by atoms with Gasteiger partial charge in [-0.1, -0.05) is 64.5 Å². The van der Waals surface area contributed by atoms with Gasteiger partial charge in [-0.25, -0.2) is 4.98 Å². The van der Waals surface area contributed by atoms with Crippen LogP contribution in [0.1, 0.15) is 17.3 Å². The van der Waals surface area contributed by atoms with Crippen molar-refractivity contribution in [3.05, 3.63) is 76.7 Å². The Kier molecular flexibility index (Phi) is 4.18. The Morgan fingerprint density at radius 2 is 1.76 bits per heavy atom. The number of nitrogens with one attached hydrogen (secondary N) is 1. The van der Waals surface area contributed by atoms with Gasteiger partial charge < -0.3 is 10.7 Å². The molecular weight excluding hydrogens is 326 g/mol. The lowest BCUT2D eigenvalue weighted by Crippen LogP contribution is -2.15. The van der Waals surface area contributed by atoms with Gasteiger partial charge in [0, 0.05) is 16.6 Å². The summed E-state index contributed by atoms with van der Waals surface area (Å²) in [6.07, 6.45) is 1.86. The van der Waals surface area contributed by atoms with Crippen LogP contribution in [-0.2, 0) is 0 Å². The number of nitrogens with two attached hydrogens (primary N) is 1. The number of benzene rings is 2. The van der Waals surface area contributed by atoms with Gasteiger partial charge in [-0.2, -0.15) is 0 Å². The molecule has 0 amide bonds. The molecule has 0 saturated carbocycles. The number of aromatic amines is 1. The van der Waals surface area contributed by atoms with Crippen LogP contribution in [0.15, 0.2) is 65.3 Å². The highest BCUT2D eigenvalue weighted by Crippen LogP contribution is 2.28. The summed E-state index contributed by atoms with van der Waals surface area (Å²) in [7, 11) is 0. The summed E-state index contributed by atoms with van der Waals surface area (Å²) in [6, 6.07) is 18.3. The summed E-state index contributed by atoms with van der Waals surface area (Å²) in [5, 5.41) is 0. The fourth-order valence-electron chi connectivity index (χ4n) is 2.42. The molecule has 1 aromatic heterocycles. The van der Waals surface area contributed by atoms with Gasteiger partial charge in [0.1, 0.15) is 5.82 Å². The molecule has 3 aromatic rings. The Morgan fingerprint density at radius 3 is 2.48 bits per heavy atom. The molecule has 0 saturated heterocycles. The molecule has 0 aliphatic heterocycles. The smallest absolute Gasteiger partial charge is 0.115 e.